The molecule has 0 unspecified atom stereocenters. The van der Waals surface area contributed by atoms with Crippen LogP contribution in [0.25, 0.3) is 10.9 Å². The molecule has 1 saturated carbocycles. The zero-order valence-electron chi connectivity index (χ0n) is 16.6. The van der Waals surface area contributed by atoms with Crippen LogP contribution in [0.4, 0.5) is 0 Å². The average Bonchev–Trinajstić information content (AvgIpc) is 2.71. The third-order valence-corrected chi connectivity index (χ3v) is 6.11. The molecule has 2 aliphatic rings. The molecule has 1 aliphatic carbocycles. The topological polar surface area (TPSA) is 67.8 Å². The molecule has 2 fully saturated rings. The Bertz CT molecular complexity index is 874. The highest BCUT2D eigenvalue weighted by atomic mass is 35.5. The number of nitrogens with zero attached hydrogens (tertiary/aromatic N) is 4. The number of carbonyl (C=O) groups excluding carboxylic acids is 1. The SMILES string of the molecule is COc1cc2ncnc(Cl)c2cc1O[C@H]1CC[C@H](N2CCN(C)C(=O)C2)CC1.Cl. The van der Waals surface area contributed by atoms with Gasteiger partial charge >= 0.3 is 0 Å². The summed E-state index contributed by atoms with van der Waals surface area (Å²) in [5.41, 5.74) is 0.729. The second-order valence-corrected chi connectivity index (χ2v) is 7.88. The van der Waals surface area contributed by atoms with Crippen LogP contribution in [0.2, 0.25) is 5.15 Å². The summed E-state index contributed by atoms with van der Waals surface area (Å²) in [6.45, 7) is 2.30. The first-order chi connectivity index (χ1) is 13.5. The Labute approximate surface area is 181 Å². The number of likely N-dealkylation sites (N-methyl/N-ethyl adjacent to an activating group) is 1. The van der Waals surface area contributed by atoms with Crippen LogP contribution in [0.3, 0.4) is 0 Å². The molecule has 4 rings (SSSR count). The Kier molecular flexibility index (Phi) is 7.03. The van der Waals surface area contributed by atoms with Crippen LogP contribution in [0, 0.1) is 0 Å². The van der Waals surface area contributed by atoms with Crippen molar-refractivity contribution in [1.29, 1.82) is 0 Å². The van der Waals surface area contributed by atoms with Gasteiger partial charge in [-0.05, 0) is 31.7 Å². The summed E-state index contributed by atoms with van der Waals surface area (Å²) in [5.74, 6) is 1.53. The predicted molar refractivity (Wildman–Crippen MR) is 114 cm³/mol. The Morgan fingerprint density at radius 3 is 2.55 bits per heavy atom. The van der Waals surface area contributed by atoms with Crippen LogP contribution in [-0.4, -0.2) is 71.6 Å². The van der Waals surface area contributed by atoms with E-state index in [2.05, 4.69) is 14.9 Å². The molecule has 0 spiro atoms. The number of methoxy groups -OCH3 is 1. The molecular formula is C20H26Cl2N4O3. The van der Waals surface area contributed by atoms with Crippen LogP contribution in [0.15, 0.2) is 18.5 Å². The first kappa shape index (κ1) is 21.9. The quantitative estimate of drug-likeness (QED) is 0.680. The van der Waals surface area contributed by atoms with Crippen LogP contribution < -0.4 is 9.47 Å². The van der Waals surface area contributed by atoms with Gasteiger partial charge in [0.15, 0.2) is 11.5 Å². The Morgan fingerprint density at radius 1 is 1.10 bits per heavy atom. The van der Waals surface area contributed by atoms with Crippen molar-refractivity contribution in [3.8, 4) is 11.5 Å². The fourth-order valence-corrected chi connectivity index (χ4v) is 4.28. The number of fused-ring (bicyclic) bond motifs is 1. The number of hydrogen-bond acceptors (Lipinski definition) is 6. The summed E-state index contributed by atoms with van der Waals surface area (Å²) < 4.78 is 11.8. The molecule has 0 atom stereocenters. The molecule has 0 N–H and O–H groups in total. The molecule has 0 radical (unpaired) electrons. The summed E-state index contributed by atoms with van der Waals surface area (Å²) >= 11 is 6.21. The lowest BCUT2D eigenvalue weighted by molar-refractivity contribution is -0.135. The van der Waals surface area contributed by atoms with Gasteiger partial charge in [-0.25, -0.2) is 9.97 Å². The lowest BCUT2D eigenvalue weighted by Gasteiger charge is -2.40. The largest absolute Gasteiger partial charge is 0.493 e. The highest BCUT2D eigenvalue weighted by Gasteiger charge is 2.31. The summed E-state index contributed by atoms with van der Waals surface area (Å²) in [6, 6.07) is 4.15. The van der Waals surface area contributed by atoms with E-state index in [4.69, 9.17) is 21.1 Å². The second kappa shape index (κ2) is 9.32. The molecule has 2 aromatic rings. The molecule has 0 bridgehead atoms. The molecule has 29 heavy (non-hydrogen) atoms. The highest BCUT2D eigenvalue weighted by molar-refractivity contribution is 6.34. The molecule has 1 amide bonds. The molecule has 7 nitrogen and oxygen atoms in total. The van der Waals surface area contributed by atoms with Gasteiger partial charge < -0.3 is 14.4 Å². The van der Waals surface area contributed by atoms with Crippen molar-refractivity contribution in [1.82, 2.24) is 19.8 Å². The Hall–Kier alpha value is -1.83. The minimum absolute atomic E-state index is 0. The predicted octanol–water partition coefficient (Wildman–Crippen LogP) is 3.18. The summed E-state index contributed by atoms with van der Waals surface area (Å²) in [4.78, 5) is 24.4. The minimum Gasteiger partial charge on any atom is -0.493 e. The van der Waals surface area contributed by atoms with E-state index in [-0.39, 0.29) is 24.4 Å². The molecule has 1 saturated heterocycles. The molecule has 1 aliphatic heterocycles. The van der Waals surface area contributed by atoms with Crippen molar-refractivity contribution in [3.63, 3.8) is 0 Å². The van der Waals surface area contributed by atoms with Crippen molar-refractivity contribution >= 4 is 40.8 Å². The number of benzene rings is 1. The van der Waals surface area contributed by atoms with Crippen molar-refractivity contribution in [2.45, 2.75) is 37.8 Å². The fourth-order valence-electron chi connectivity index (χ4n) is 4.08. The zero-order valence-corrected chi connectivity index (χ0v) is 18.2. The molecule has 1 aromatic heterocycles. The van der Waals surface area contributed by atoms with Crippen molar-refractivity contribution in [2.24, 2.45) is 0 Å². The van der Waals surface area contributed by atoms with Gasteiger partial charge in [-0.1, -0.05) is 11.6 Å². The lowest BCUT2D eigenvalue weighted by atomic mass is 9.91. The van der Waals surface area contributed by atoms with E-state index in [9.17, 15) is 4.79 Å². The molecule has 1 aromatic carbocycles. The maximum Gasteiger partial charge on any atom is 0.236 e. The van der Waals surface area contributed by atoms with Crippen LogP contribution in [-0.2, 0) is 4.79 Å². The number of halogens is 2. The minimum atomic E-state index is 0. The van der Waals surface area contributed by atoms with Crippen molar-refractivity contribution in [3.05, 3.63) is 23.6 Å². The zero-order chi connectivity index (χ0) is 19.7. The summed E-state index contributed by atoms with van der Waals surface area (Å²) in [5, 5.41) is 1.16. The monoisotopic (exact) mass is 440 g/mol. The lowest BCUT2D eigenvalue weighted by Crippen LogP contribution is -2.53. The van der Waals surface area contributed by atoms with Gasteiger partial charge in [0.25, 0.3) is 0 Å². The van der Waals surface area contributed by atoms with E-state index in [1.807, 2.05) is 24.1 Å². The Balaban J connectivity index is 0.00000240. The molecule has 2 heterocycles. The van der Waals surface area contributed by atoms with E-state index >= 15 is 0 Å². The maximum absolute atomic E-state index is 12.0. The fraction of sp³-hybridized carbons (Fsp3) is 0.550. The van der Waals surface area contributed by atoms with Crippen LogP contribution >= 0.6 is 24.0 Å². The van der Waals surface area contributed by atoms with E-state index in [0.29, 0.717) is 29.2 Å². The van der Waals surface area contributed by atoms with E-state index in [1.54, 1.807) is 7.11 Å². The van der Waals surface area contributed by atoms with Gasteiger partial charge in [0.05, 0.1) is 25.3 Å². The number of aromatic nitrogens is 2. The number of ether oxygens (including phenoxy) is 2. The van der Waals surface area contributed by atoms with Gasteiger partial charge in [0, 0.05) is 37.6 Å². The van der Waals surface area contributed by atoms with E-state index < -0.39 is 0 Å². The van der Waals surface area contributed by atoms with Gasteiger partial charge in [-0.2, -0.15) is 0 Å². The number of piperazine rings is 1. The first-order valence-electron chi connectivity index (χ1n) is 9.68. The number of hydrogen-bond donors (Lipinski definition) is 0. The highest BCUT2D eigenvalue weighted by Crippen LogP contribution is 2.36. The van der Waals surface area contributed by atoms with Crippen molar-refractivity contribution < 1.29 is 14.3 Å². The first-order valence-corrected chi connectivity index (χ1v) is 10.1. The Morgan fingerprint density at radius 2 is 1.86 bits per heavy atom. The summed E-state index contributed by atoms with van der Waals surface area (Å²) in [7, 11) is 3.50. The smallest absolute Gasteiger partial charge is 0.236 e. The summed E-state index contributed by atoms with van der Waals surface area (Å²) in [6.07, 6.45) is 5.52. The standard InChI is InChI=1S/C20H25ClN4O3.ClH/c1-24-7-8-25(11-19(24)26)13-3-5-14(6-4-13)28-18-9-15-16(10-17(18)27-2)22-12-23-20(15)21;/h9-10,12-14H,3-8,11H2,1-2H3;1H/t13-,14-;. The van der Waals surface area contributed by atoms with Crippen LogP contribution in [0.5, 0.6) is 11.5 Å². The number of rotatable bonds is 4. The van der Waals surface area contributed by atoms with Crippen LogP contribution in [0.1, 0.15) is 25.7 Å². The number of carbonyl (C=O) groups is 1. The van der Waals surface area contributed by atoms with Gasteiger partial charge in [-0.3, -0.25) is 9.69 Å². The normalized spacial score (nSPS) is 23.0. The average molecular weight is 441 g/mol. The van der Waals surface area contributed by atoms with Gasteiger partial charge in [0.1, 0.15) is 11.5 Å². The third kappa shape index (κ3) is 4.68. The third-order valence-electron chi connectivity index (χ3n) is 5.81. The van der Waals surface area contributed by atoms with Gasteiger partial charge in [-0.15, -0.1) is 12.4 Å². The number of amides is 1. The van der Waals surface area contributed by atoms with E-state index in [0.717, 1.165) is 49.7 Å². The molecule has 158 valence electrons. The van der Waals surface area contributed by atoms with Crippen molar-refractivity contribution in [2.75, 3.05) is 33.8 Å². The van der Waals surface area contributed by atoms with E-state index in [1.165, 1.54) is 6.33 Å². The maximum atomic E-state index is 12.0. The second-order valence-electron chi connectivity index (χ2n) is 7.52. The van der Waals surface area contributed by atoms with Gasteiger partial charge in [0.2, 0.25) is 5.91 Å². The molecule has 9 heteroatoms. The molecular weight excluding hydrogens is 415 g/mol.